The van der Waals surface area contributed by atoms with E-state index in [9.17, 15) is 4.79 Å². The summed E-state index contributed by atoms with van der Waals surface area (Å²) in [6.07, 6.45) is 0. The average Bonchev–Trinajstić information content (AvgIpc) is 2.54. The molecule has 0 bridgehead atoms. The number of rotatable bonds is 1. The van der Waals surface area contributed by atoms with Crippen LogP contribution in [0.4, 0.5) is 0 Å². The van der Waals surface area contributed by atoms with E-state index in [1.54, 1.807) is 0 Å². The van der Waals surface area contributed by atoms with Crippen molar-refractivity contribution in [2.45, 2.75) is 6.92 Å². The first-order valence-electron chi connectivity index (χ1n) is 4.40. The van der Waals surface area contributed by atoms with Gasteiger partial charge in [-0.25, -0.2) is 4.79 Å². The SMILES string of the molecule is COC(=O)c1sc2cc(C)ccc2c1Br. The van der Waals surface area contributed by atoms with E-state index in [-0.39, 0.29) is 5.97 Å². The third-order valence-electron chi connectivity index (χ3n) is 2.16. The van der Waals surface area contributed by atoms with Gasteiger partial charge in [-0.05, 0) is 34.5 Å². The lowest BCUT2D eigenvalue weighted by Crippen LogP contribution is -1.98. The van der Waals surface area contributed by atoms with Crippen molar-refractivity contribution in [2.24, 2.45) is 0 Å². The number of carbonyl (C=O) groups is 1. The Morgan fingerprint density at radius 1 is 1.47 bits per heavy atom. The standard InChI is InChI=1S/C11H9BrO2S/c1-6-3-4-7-8(5-6)15-10(9(7)12)11(13)14-2/h3-5H,1-2H3. The van der Waals surface area contributed by atoms with Gasteiger partial charge in [0.05, 0.1) is 11.6 Å². The van der Waals surface area contributed by atoms with Crippen LogP contribution in [-0.2, 0) is 4.74 Å². The molecule has 0 aliphatic heterocycles. The number of thiophene rings is 1. The lowest BCUT2D eigenvalue weighted by atomic mass is 10.2. The van der Waals surface area contributed by atoms with Crippen LogP contribution in [0.5, 0.6) is 0 Å². The molecule has 78 valence electrons. The van der Waals surface area contributed by atoms with Gasteiger partial charge in [0.15, 0.2) is 0 Å². The van der Waals surface area contributed by atoms with E-state index in [1.807, 2.05) is 19.1 Å². The van der Waals surface area contributed by atoms with Crippen molar-refractivity contribution in [1.82, 2.24) is 0 Å². The van der Waals surface area contributed by atoms with E-state index in [2.05, 4.69) is 22.0 Å². The van der Waals surface area contributed by atoms with Crippen LogP contribution in [0, 0.1) is 6.92 Å². The number of aryl methyl sites for hydroxylation is 1. The largest absolute Gasteiger partial charge is 0.465 e. The van der Waals surface area contributed by atoms with Gasteiger partial charge in [0.1, 0.15) is 4.88 Å². The van der Waals surface area contributed by atoms with Crippen LogP contribution >= 0.6 is 27.3 Å². The van der Waals surface area contributed by atoms with Crippen molar-refractivity contribution < 1.29 is 9.53 Å². The number of carbonyl (C=O) groups excluding carboxylic acids is 1. The summed E-state index contributed by atoms with van der Waals surface area (Å²) in [6, 6.07) is 6.11. The summed E-state index contributed by atoms with van der Waals surface area (Å²) in [6.45, 7) is 2.03. The zero-order valence-corrected chi connectivity index (χ0v) is 10.7. The Labute approximate surface area is 100.0 Å². The minimum absolute atomic E-state index is 0.291. The van der Waals surface area contributed by atoms with Gasteiger partial charge in [0.2, 0.25) is 0 Å². The summed E-state index contributed by atoms with van der Waals surface area (Å²) in [5.41, 5.74) is 1.19. The third-order valence-corrected chi connectivity index (χ3v) is 4.37. The maximum absolute atomic E-state index is 11.4. The maximum atomic E-state index is 11.4. The van der Waals surface area contributed by atoms with E-state index in [0.717, 1.165) is 14.6 Å². The van der Waals surface area contributed by atoms with Crippen LogP contribution in [0.1, 0.15) is 15.2 Å². The van der Waals surface area contributed by atoms with E-state index in [0.29, 0.717) is 4.88 Å². The monoisotopic (exact) mass is 284 g/mol. The van der Waals surface area contributed by atoms with E-state index >= 15 is 0 Å². The Kier molecular flexibility index (Phi) is 2.80. The molecule has 0 amide bonds. The minimum Gasteiger partial charge on any atom is -0.465 e. The second kappa shape index (κ2) is 3.94. The van der Waals surface area contributed by atoms with Crippen LogP contribution in [0.15, 0.2) is 22.7 Å². The molecule has 0 atom stereocenters. The predicted octanol–water partition coefficient (Wildman–Crippen LogP) is 3.76. The molecule has 0 saturated heterocycles. The number of halogens is 1. The zero-order chi connectivity index (χ0) is 11.0. The first-order valence-corrected chi connectivity index (χ1v) is 6.01. The molecule has 2 rings (SSSR count). The fraction of sp³-hybridized carbons (Fsp3) is 0.182. The molecule has 1 heterocycles. The van der Waals surface area contributed by atoms with Gasteiger partial charge in [-0.15, -0.1) is 11.3 Å². The fourth-order valence-electron chi connectivity index (χ4n) is 1.40. The van der Waals surface area contributed by atoms with Crippen LogP contribution in [0.2, 0.25) is 0 Å². The molecule has 0 saturated carbocycles. The molecule has 0 aliphatic carbocycles. The number of methoxy groups -OCH3 is 1. The highest BCUT2D eigenvalue weighted by Crippen LogP contribution is 2.36. The van der Waals surface area contributed by atoms with E-state index < -0.39 is 0 Å². The first kappa shape index (κ1) is 10.6. The molecule has 0 radical (unpaired) electrons. The van der Waals surface area contributed by atoms with Gasteiger partial charge in [0, 0.05) is 10.1 Å². The van der Waals surface area contributed by atoms with Crippen molar-refractivity contribution in [3.05, 3.63) is 33.1 Å². The molecule has 1 aromatic carbocycles. The molecular formula is C11H9BrO2S. The quantitative estimate of drug-likeness (QED) is 0.746. The zero-order valence-electron chi connectivity index (χ0n) is 8.33. The van der Waals surface area contributed by atoms with Gasteiger partial charge in [0.25, 0.3) is 0 Å². The Balaban J connectivity index is 2.69. The predicted molar refractivity (Wildman–Crippen MR) is 65.6 cm³/mol. The molecule has 0 fully saturated rings. The summed E-state index contributed by atoms with van der Waals surface area (Å²) in [5.74, 6) is -0.291. The van der Waals surface area contributed by atoms with Crippen molar-refractivity contribution in [3.8, 4) is 0 Å². The highest BCUT2D eigenvalue weighted by atomic mass is 79.9. The molecule has 2 aromatic rings. The van der Waals surface area contributed by atoms with Gasteiger partial charge in [-0.1, -0.05) is 12.1 Å². The molecule has 4 heteroatoms. The number of benzene rings is 1. The molecule has 1 aromatic heterocycles. The molecule has 15 heavy (non-hydrogen) atoms. The van der Waals surface area contributed by atoms with Crippen molar-refractivity contribution >= 4 is 43.3 Å². The molecule has 0 aliphatic rings. The van der Waals surface area contributed by atoms with Gasteiger partial charge >= 0.3 is 5.97 Å². The van der Waals surface area contributed by atoms with Gasteiger partial charge in [-0.3, -0.25) is 0 Å². The minimum atomic E-state index is -0.291. The summed E-state index contributed by atoms with van der Waals surface area (Å²) >= 11 is 4.88. The average molecular weight is 285 g/mol. The van der Waals surface area contributed by atoms with Crippen LogP contribution in [0.25, 0.3) is 10.1 Å². The summed E-state index contributed by atoms with van der Waals surface area (Å²) < 4.78 is 6.65. The van der Waals surface area contributed by atoms with Gasteiger partial charge in [-0.2, -0.15) is 0 Å². The van der Waals surface area contributed by atoms with Crippen molar-refractivity contribution in [1.29, 1.82) is 0 Å². The number of hydrogen-bond acceptors (Lipinski definition) is 3. The number of ether oxygens (including phenoxy) is 1. The molecular weight excluding hydrogens is 276 g/mol. The first-order chi connectivity index (χ1) is 7.13. The van der Waals surface area contributed by atoms with Crippen LogP contribution < -0.4 is 0 Å². The third kappa shape index (κ3) is 1.79. The molecule has 0 unspecified atom stereocenters. The molecule has 2 nitrogen and oxygen atoms in total. The Hall–Kier alpha value is -0.870. The second-order valence-electron chi connectivity index (χ2n) is 3.24. The van der Waals surface area contributed by atoms with Crippen molar-refractivity contribution in [3.63, 3.8) is 0 Å². The van der Waals surface area contributed by atoms with E-state index in [4.69, 9.17) is 4.74 Å². The summed E-state index contributed by atoms with van der Waals surface area (Å²) in [4.78, 5) is 12.1. The van der Waals surface area contributed by atoms with E-state index in [1.165, 1.54) is 24.0 Å². The topological polar surface area (TPSA) is 26.3 Å². The number of fused-ring (bicyclic) bond motifs is 1. The number of hydrogen-bond donors (Lipinski definition) is 0. The van der Waals surface area contributed by atoms with Gasteiger partial charge < -0.3 is 4.74 Å². The Bertz CT molecular complexity index is 531. The highest BCUT2D eigenvalue weighted by molar-refractivity contribution is 9.10. The lowest BCUT2D eigenvalue weighted by Gasteiger charge is -1.94. The maximum Gasteiger partial charge on any atom is 0.349 e. The molecule has 0 N–H and O–H groups in total. The lowest BCUT2D eigenvalue weighted by molar-refractivity contribution is 0.0605. The second-order valence-corrected chi connectivity index (χ2v) is 5.08. The normalized spacial score (nSPS) is 10.6. The highest BCUT2D eigenvalue weighted by Gasteiger charge is 2.16. The summed E-state index contributed by atoms with van der Waals surface area (Å²) in [5, 5.41) is 1.06. The van der Waals surface area contributed by atoms with Crippen molar-refractivity contribution in [2.75, 3.05) is 7.11 Å². The Morgan fingerprint density at radius 2 is 2.20 bits per heavy atom. The fourth-order valence-corrected chi connectivity index (χ4v) is 3.39. The van der Waals surface area contributed by atoms with Crippen LogP contribution in [0.3, 0.4) is 0 Å². The Morgan fingerprint density at radius 3 is 2.87 bits per heavy atom. The molecule has 0 spiro atoms. The smallest absolute Gasteiger partial charge is 0.349 e. The number of esters is 1. The van der Waals surface area contributed by atoms with Crippen LogP contribution in [-0.4, -0.2) is 13.1 Å². The summed E-state index contributed by atoms with van der Waals surface area (Å²) in [7, 11) is 1.39.